The van der Waals surface area contributed by atoms with Crippen molar-refractivity contribution in [2.24, 2.45) is 0 Å². The molecule has 1 unspecified atom stereocenters. The van der Waals surface area contributed by atoms with E-state index in [0.29, 0.717) is 6.42 Å². The number of hydrogen-bond acceptors (Lipinski definition) is 3. The molecule has 0 radical (unpaired) electrons. The van der Waals surface area contributed by atoms with Crippen molar-refractivity contribution in [3.63, 3.8) is 0 Å². The number of halogens is 1. The zero-order chi connectivity index (χ0) is 9.19. The molecule has 1 N–H and O–H groups in total. The van der Waals surface area contributed by atoms with Crippen molar-refractivity contribution in [1.82, 2.24) is 5.32 Å². The van der Waals surface area contributed by atoms with Gasteiger partial charge in [-0.05, 0) is 25.8 Å². The highest BCUT2D eigenvalue weighted by Gasteiger charge is 2.20. The Balaban J connectivity index is 2.46. The van der Waals surface area contributed by atoms with E-state index in [9.17, 15) is 8.42 Å². The Morgan fingerprint density at radius 1 is 1.67 bits per heavy atom. The summed E-state index contributed by atoms with van der Waals surface area (Å²) in [5.74, 6) is 0. The SMILES string of the molecule is C=C(CC1CCCN1)S(=O)(=O)Cl. The minimum absolute atomic E-state index is 0.114. The molecular formula is C7H12ClNO2S. The van der Waals surface area contributed by atoms with Crippen molar-refractivity contribution >= 4 is 19.7 Å². The summed E-state index contributed by atoms with van der Waals surface area (Å²) in [4.78, 5) is 0.114. The molecule has 1 aliphatic rings. The molecule has 5 heteroatoms. The lowest BCUT2D eigenvalue weighted by Gasteiger charge is -2.09. The maximum atomic E-state index is 10.8. The van der Waals surface area contributed by atoms with Crippen molar-refractivity contribution in [1.29, 1.82) is 0 Å². The van der Waals surface area contributed by atoms with E-state index in [1.54, 1.807) is 0 Å². The van der Waals surface area contributed by atoms with Gasteiger partial charge in [0, 0.05) is 16.7 Å². The van der Waals surface area contributed by atoms with Gasteiger partial charge in [0.15, 0.2) is 0 Å². The first-order valence-electron chi connectivity index (χ1n) is 3.86. The Hall–Kier alpha value is -0.0600. The normalized spacial score (nSPS) is 24.2. The molecule has 0 bridgehead atoms. The standard InChI is InChI=1S/C7H12ClNO2S/c1-6(12(8,10)11)5-7-3-2-4-9-7/h7,9H,1-5H2. The van der Waals surface area contributed by atoms with Crippen molar-refractivity contribution in [2.45, 2.75) is 25.3 Å². The van der Waals surface area contributed by atoms with Crippen LogP contribution in [-0.2, 0) is 9.05 Å². The fourth-order valence-electron chi connectivity index (χ4n) is 1.31. The first-order valence-corrected chi connectivity index (χ1v) is 6.17. The van der Waals surface area contributed by atoms with Crippen LogP contribution < -0.4 is 5.32 Å². The Morgan fingerprint density at radius 3 is 2.75 bits per heavy atom. The lowest BCUT2D eigenvalue weighted by atomic mass is 10.2. The molecule has 1 aliphatic heterocycles. The predicted molar refractivity (Wildman–Crippen MR) is 49.6 cm³/mol. The van der Waals surface area contributed by atoms with Crippen LogP contribution in [0, 0.1) is 0 Å². The number of hydrogen-bond donors (Lipinski definition) is 1. The largest absolute Gasteiger partial charge is 0.314 e. The average Bonchev–Trinajstić information content (AvgIpc) is 2.37. The Kier molecular flexibility index (Phi) is 3.15. The van der Waals surface area contributed by atoms with Crippen molar-refractivity contribution < 1.29 is 8.42 Å². The van der Waals surface area contributed by atoms with Gasteiger partial charge in [0.05, 0.1) is 4.91 Å². The molecule has 0 saturated carbocycles. The molecule has 1 atom stereocenters. The molecule has 1 saturated heterocycles. The van der Waals surface area contributed by atoms with E-state index in [1.807, 2.05) is 0 Å². The molecule has 0 aliphatic carbocycles. The van der Waals surface area contributed by atoms with Crippen LogP contribution >= 0.6 is 10.7 Å². The molecule has 1 heterocycles. The Bertz CT molecular complexity index is 267. The Labute approximate surface area is 77.2 Å². The summed E-state index contributed by atoms with van der Waals surface area (Å²) in [6.45, 7) is 4.39. The predicted octanol–water partition coefficient (Wildman–Crippen LogP) is 1.21. The van der Waals surface area contributed by atoms with E-state index in [0.717, 1.165) is 19.4 Å². The van der Waals surface area contributed by atoms with Gasteiger partial charge in [-0.25, -0.2) is 8.42 Å². The van der Waals surface area contributed by atoms with Crippen LogP contribution in [0.15, 0.2) is 11.5 Å². The highest BCUT2D eigenvalue weighted by molar-refractivity contribution is 8.16. The van der Waals surface area contributed by atoms with Crippen molar-refractivity contribution in [2.75, 3.05) is 6.54 Å². The molecule has 1 fully saturated rings. The van der Waals surface area contributed by atoms with Gasteiger partial charge in [-0.3, -0.25) is 0 Å². The zero-order valence-electron chi connectivity index (χ0n) is 6.72. The second-order valence-electron chi connectivity index (χ2n) is 2.97. The first kappa shape index (κ1) is 10.0. The minimum Gasteiger partial charge on any atom is -0.314 e. The van der Waals surface area contributed by atoms with Crippen LogP contribution in [0.25, 0.3) is 0 Å². The van der Waals surface area contributed by atoms with Gasteiger partial charge in [0.1, 0.15) is 0 Å². The molecule has 12 heavy (non-hydrogen) atoms. The molecule has 3 nitrogen and oxygen atoms in total. The zero-order valence-corrected chi connectivity index (χ0v) is 8.29. The summed E-state index contributed by atoms with van der Waals surface area (Å²) in [6, 6.07) is 0.242. The van der Waals surface area contributed by atoms with E-state index in [2.05, 4.69) is 11.9 Å². The van der Waals surface area contributed by atoms with Crippen LogP contribution in [0.1, 0.15) is 19.3 Å². The highest BCUT2D eigenvalue weighted by Crippen LogP contribution is 2.19. The third-order valence-electron chi connectivity index (χ3n) is 1.98. The molecular weight excluding hydrogens is 198 g/mol. The minimum atomic E-state index is -3.55. The second-order valence-corrected chi connectivity index (χ2v) is 5.65. The summed E-state index contributed by atoms with van der Waals surface area (Å²) in [5, 5.41) is 3.18. The van der Waals surface area contributed by atoms with Crippen LogP contribution in [0.3, 0.4) is 0 Å². The van der Waals surface area contributed by atoms with E-state index < -0.39 is 9.05 Å². The van der Waals surface area contributed by atoms with E-state index in [1.165, 1.54) is 0 Å². The van der Waals surface area contributed by atoms with Gasteiger partial charge in [-0.2, -0.15) is 0 Å². The van der Waals surface area contributed by atoms with Gasteiger partial charge in [0.2, 0.25) is 0 Å². The van der Waals surface area contributed by atoms with Gasteiger partial charge >= 0.3 is 0 Å². The molecule has 1 rings (SSSR count). The molecule has 0 aromatic heterocycles. The van der Waals surface area contributed by atoms with Gasteiger partial charge in [0.25, 0.3) is 9.05 Å². The lowest BCUT2D eigenvalue weighted by molar-refractivity contribution is 0.590. The van der Waals surface area contributed by atoms with Crippen molar-refractivity contribution in [3.05, 3.63) is 11.5 Å². The first-order chi connectivity index (χ1) is 5.50. The van der Waals surface area contributed by atoms with Gasteiger partial charge < -0.3 is 5.32 Å². The Morgan fingerprint density at radius 2 is 2.33 bits per heavy atom. The van der Waals surface area contributed by atoms with Crippen LogP contribution in [0.2, 0.25) is 0 Å². The van der Waals surface area contributed by atoms with E-state index in [4.69, 9.17) is 10.7 Å². The van der Waals surface area contributed by atoms with Crippen LogP contribution in [0.5, 0.6) is 0 Å². The van der Waals surface area contributed by atoms with Crippen LogP contribution in [0.4, 0.5) is 0 Å². The van der Waals surface area contributed by atoms with Gasteiger partial charge in [-0.15, -0.1) is 0 Å². The third kappa shape index (κ3) is 2.77. The maximum Gasteiger partial charge on any atom is 0.256 e. The molecule has 0 aromatic rings. The molecule has 0 spiro atoms. The van der Waals surface area contributed by atoms with E-state index >= 15 is 0 Å². The monoisotopic (exact) mass is 209 g/mol. The topological polar surface area (TPSA) is 46.2 Å². The number of nitrogens with one attached hydrogen (secondary N) is 1. The average molecular weight is 210 g/mol. The molecule has 0 amide bonds. The summed E-state index contributed by atoms with van der Waals surface area (Å²) >= 11 is 0. The lowest BCUT2D eigenvalue weighted by Crippen LogP contribution is -2.22. The fraction of sp³-hybridized carbons (Fsp3) is 0.714. The highest BCUT2D eigenvalue weighted by atomic mass is 35.7. The molecule has 0 aromatic carbocycles. The van der Waals surface area contributed by atoms with Crippen molar-refractivity contribution in [3.8, 4) is 0 Å². The smallest absolute Gasteiger partial charge is 0.256 e. The summed E-state index contributed by atoms with van der Waals surface area (Å²) < 4.78 is 21.5. The number of rotatable bonds is 3. The van der Waals surface area contributed by atoms with Crippen LogP contribution in [-0.4, -0.2) is 21.0 Å². The summed E-state index contributed by atoms with van der Waals surface area (Å²) in [6.07, 6.45) is 2.54. The fourth-order valence-corrected chi connectivity index (χ4v) is 1.89. The van der Waals surface area contributed by atoms with E-state index in [-0.39, 0.29) is 10.9 Å². The third-order valence-corrected chi connectivity index (χ3v) is 3.49. The van der Waals surface area contributed by atoms with Gasteiger partial charge in [-0.1, -0.05) is 6.58 Å². The quantitative estimate of drug-likeness (QED) is 0.711. The maximum absolute atomic E-state index is 10.8. The second kappa shape index (κ2) is 3.77. The summed E-state index contributed by atoms with van der Waals surface area (Å²) in [5.41, 5.74) is 0. The summed E-state index contributed by atoms with van der Waals surface area (Å²) in [7, 11) is 1.55. The molecule has 70 valence electrons.